The third-order valence-electron chi connectivity index (χ3n) is 14.5. The zero-order valence-electron chi connectivity index (χ0n) is 31.2. The topological polar surface area (TPSA) is 153 Å². The van der Waals surface area contributed by atoms with Gasteiger partial charge in [0.05, 0.1) is 29.6 Å². The van der Waals surface area contributed by atoms with Crippen molar-refractivity contribution in [3.05, 3.63) is 0 Å². The highest BCUT2D eigenvalue weighted by Gasteiger charge is 2.74. The lowest BCUT2D eigenvalue weighted by Gasteiger charge is -2.62. The monoisotopic (exact) mass is 912 g/mol. The largest absolute Gasteiger partial charge is 0.461 e. The van der Waals surface area contributed by atoms with Crippen LogP contribution in [0.3, 0.4) is 0 Å². The van der Waals surface area contributed by atoms with Gasteiger partial charge in [0.15, 0.2) is 11.9 Å². The van der Waals surface area contributed by atoms with Crippen molar-refractivity contribution in [1.29, 1.82) is 0 Å². The number of carbonyl (C=O) groups excluding carboxylic acids is 2. The maximum Gasteiger partial charge on any atom is 0.459 e. The molecule has 2 spiro atoms. The van der Waals surface area contributed by atoms with Crippen molar-refractivity contribution in [2.24, 2.45) is 39.9 Å². The summed E-state index contributed by atoms with van der Waals surface area (Å²) in [5, 5.41) is -6.23. The highest BCUT2D eigenvalue weighted by atomic mass is 32.2. The molecule has 0 aromatic rings. The second kappa shape index (κ2) is 13.7. The van der Waals surface area contributed by atoms with Crippen molar-refractivity contribution >= 4 is 22.1 Å². The van der Waals surface area contributed by atoms with Crippen molar-refractivity contribution in [3.8, 4) is 0 Å². The van der Waals surface area contributed by atoms with Crippen LogP contribution in [0.4, 0.5) is 52.7 Å². The first-order valence-corrected chi connectivity index (χ1v) is 20.7. The zero-order valence-corrected chi connectivity index (χ0v) is 32.1. The Balaban J connectivity index is 1.01. The van der Waals surface area contributed by atoms with Crippen molar-refractivity contribution in [3.63, 3.8) is 0 Å². The summed E-state index contributed by atoms with van der Waals surface area (Å²) < 4.78 is 239. The minimum Gasteiger partial charge on any atom is -0.461 e. The molecule has 7 aliphatic carbocycles. The maximum absolute atomic E-state index is 14.6. The van der Waals surface area contributed by atoms with Crippen LogP contribution in [-0.4, -0.2) is 124 Å². The highest BCUT2D eigenvalue weighted by molar-refractivity contribution is 7.87. The molecule has 12 nitrogen and oxygen atoms in total. The van der Waals surface area contributed by atoms with E-state index in [1.165, 1.54) is 0 Å². The average Bonchev–Trinajstić information content (AvgIpc) is 3.25. The summed E-state index contributed by atoms with van der Waals surface area (Å²) in [6.07, 6.45) is -10.7. The average molecular weight is 913 g/mol. The van der Waals surface area contributed by atoms with Crippen LogP contribution < -0.4 is 0 Å². The SMILES string of the molecule is O=C(OCC(COC(F)(F)C(F)(F)S(=O)(=O)O)OC(=O)C12CC3CC(C1)C1(OCC(F)(F)C(F)(F)CO1)C(C3)C2)C12CC3CC4(C1)C(CC4OCC(F)(F)C(F)(F)CO3)C2. The molecule has 0 aromatic carbocycles. The number of ether oxygens (including phenoxy) is 7. The lowest BCUT2D eigenvalue weighted by Crippen LogP contribution is -2.65. The van der Waals surface area contributed by atoms with Crippen LogP contribution in [0.2, 0.25) is 0 Å². The van der Waals surface area contributed by atoms with Gasteiger partial charge < -0.3 is 33.2 Å². The van der Waals surface area contributed by atoms with E-state index in [-0.39, 0.29) is 76.0 Å². The van der Waals surface area contributed by atoms with E-state index in [1.807, 2.05) is 0 Å². The van der Waals surface area contributed by atoms with E-state index < -0.39 is 149 Å². The lowest BCUT2D eigenvalue weighted by atomic mass is 9.47. The summed E-state index contributed by atoms with van der Waals surface area (Å²) in [6.45, 7) is -9.74. The van der Waals surface area contributed by atoms with Crippen LogP contribution in [-0.2, 0) is 52.9 Å². The number of esters is 2. The molecule has 1 N–H and O–H groups in total. The normalized spacial score (nSPS) is 41.1. The molecule has 60 heavy (non-hydrogen) atoms. The Morgan fingerprint density at radius 1 is 0.683 bits per heavy atom. The van der Waals surface area contributed by atoms with Gasteiger partial charge in [-0.2, -0.15) is 61.1 Å². The van der Waals surface area contributed by atoms with Crippen LogP contribution >= 0.6 is 0 Å². The van der Waals surface area contributed by atoms with E-state index in [1.54, 1.807) is 0 Å². The molecule has 0 aromatic heterocycles. The van der Waals surface area contributed by atoms with Gasteiger partial charge in [-0.3, -0.25) is 14.1 Å². The molecule has 342 valence electrons. The minimum atomic E-state index is -6.80. The Morgan fingerprint density at radius 3 is 1.82 bits per heavy atom. The first-order valence-electron chi connectivity index (χ1n) is 19.2. The molecule has 7 saturated carbocycles. The van der Waals surface area contributed by atoms with Crippen molar-refractivity contribution in [1.82, 2.24) is 0 Å². The molecular formula is C35H40F12O12S. The van der Waals surface area contributed by atoms with E-state index in [0.717, 1.165) is 0 Å². The molecule has 9 rings (SSSR count). The third kappa shape index (κ3) is 6.65. The molecule has 25 heteroatoms. The quantitative estimate of drug-likeness (QED) is 0.155. The Bertz CT molecular complexity index is 1830. The van der Waals surface area contributed by atoms with Gasteiger partial charge in [0, 0.05) is 17.3 Å². The Morgan fingerprint density at radius 2 is 1.23 bits per heavy atom. The van der Waals surface area contributed by atoms with Crippen molar-refractivity contribution in [2.45, 2.75) is 123 Å². The van der Waals surface area contributed by atoms with Gasteiger partial charge in [0.1, 0.15) is 33.0 Å². The fraction of sp³-hybridized carbons (Fsp3) is 0.943. The molecule has 2 saturated heterocycles. The van der Waals surface area contributed by atoms with E-state index in [9.17, 15) is 70.7 Å². The molecule has 2 heterocycles. The molecule has 9 aliphatic rings. The van der Waals surface area contributed by atoms with Gasteiger partial charge in [-0.15, -0.1) is 0 Å². The smallest absolute Gasteiger partial charge is 0.459 e. The summed E-state index contributed by atoms with van der Waals surface area (Å²) in [6, 6.07) is 0. The van der Waals surface area contributed by atoms with E-state index in [2.05, 4.69) is 4.74 Å². The van der Waals surface area contributed by atoms with Crippen molar-refractivity contribution < 1.29 is 108 Å². The summed E-state index contributed by atoms with van der Waals surface area (Å²) in [5.74, 6) is -25.2. The number of halogens is 12. The number of carbonyl (C=O) groups is 2. The zero-order chi connectivity index (χ0) is 44.0. The first-order chi connectivity index (χ1) is 27.4. The molecule has 2 aliphatic heterocycles. The summed E-state index contributed by atoms with van der Waals surface area (Å²) in [4.78, 5) is 28.0. The first kappa shape index (κ1) is 44.4. The predicted octanol–water partition coefficient (Wildman–Crippen LogP) is 6.01. The van der Waals surface area contributed by atoms with Gasteiger partial charge in [0.25, 0.3) is 0 Å². The van der Waals surface area contributed by atoms with Gasteiger partial charge >= 0.3 is 57.1 Å². The summed E-state index contributed by atoms with van der Waals surface area (Å²) in [5.41, 5.74) is -4.10. The fourth-order valence-corrected chi connectivity index (χ4v) is 12.0. The standard InChI is InChI=1S/C35H40F12O12S/c36-29(37)13-54-21-8-27(5-18-3-23(28(18,9-21)12-27)55-14-30(29,38)39)24(48)53-10-22(11-56-34(44,45)35(46,47)60(50,51)52)59-25(49)26-4-17-1-19(6-26)33(20(2-17)7-26)57-15-31(40,41)32(42,43)16-58-33/h17-23H,1-16H2,(H,50,51,52). The van der Waals surface area contributed by atoms with Gasteiger partial charge in [-0.05, 0) is 76.0 Å². The molecule has 8 unspecified atom stereocenters. The number of hydrogen-bond acceptors (Lipinski definition) is 11. The van der Waals surface area contributed by atoms with Gasteiger partial charge in [-0.25, -0.2) is 0 Å². The summed E-state index contributed by atoms with van der Waals surface area (Å²) >= 11 is 0. The molecule has 8 atom stereocenters. The van der Waals surface area contributed by atoms with Crippen molar-refractivity contribution in [2.75, 3.05) is 39.6 Å². The van der Waals surface area contributed by atoms with Crippen LogP contribution in [0.15, 0.2) is 0 Å². The fourth-order valence-electron chi connectivity index (χ4n) is 11.7. The van der Waals surface area contributed by atoms with Crippen LogP contribution in [0.25, 0.3) is 0 Å². The predicted molar refractivity (Wildman–Crippen MR) is 170 cm³/mol. The Labute approximate surface area is 333 Å². The van der Waals surface area contributed by atoms with E-state index in [4.69, 9.17) is 33.0 Å². The number of hydrogen-bond donors (Lipinski definition) is 1. The third-order valence-corrected chi connectivity index (χ3v) is 15.3. The molecule has 0 radical (unpaired) electrons. The highest BCUT2D eigenvalue weighted by Crippen LogP contribution is 2.72. The van der Waals surface area contributed by atoms with E-state index in [0.29, 0.717) is 0 Å². The van der Waals surface area contributed by atoms with E-state index >= 15 is 0 Å². The Kier molecular flexibility index (Phi) is 10.1. The van der Waals surface area contributed by atoms with Crippen LogP contribution in [0, 0.1) is 39.9 Å². The molecular weight excluding hydrogens is 872 g/mol. The molecule has 9 fully saturated rings. The number of fused-ring (bicyclic) bond motifs is 2. The second-order valence-electron chi connectivity index (χ2n) is 18.2. The van der Waals surface area contributed by atoms with Crippen LogP contribution in [0.5, 0.6) is 0 Å². The Hall–Kier alpha value is -2.19. The molecule has 0 amide bonds. The maximum atomic E-state index is 14.6. The van der Waals surface area contributed by atoms with Gasteiger partial charge in [0.2, 0.25) is 0 Å². The molecule has 7 bridgehead atoms. The lowest BCUT2D eigenvalue weighted by molar-refractivity contribution is -0.347. The van der Waals surface area contributed by atoms with Crippen LogP contribution in [0.1, 0.15) is 64.2 Å². The van der Waals surface area contributed by atoms with Gasteiger partial charge in [-0.1, -0.05) is 0 Å². The summed E-state index contributed by atoms with van der Waals surface area (Å²) in [7, 11) is -6.80. The minimum absolute atomic E-state index is 0.0228. The second-order valence-corrected chi connectivity index (χ2v) is 19.6. The number of rotatable bonds is 10. The number of alkyl halides is 12.